The van der Waals surface area contributed by atoms with E-state index in [0.29, 0.717) is 23.2 Å². The van der Waals surface area contributed by atoms with E-state index in [9.17, 15) is 4.79 Å². The van der Waals surface area contributed by atoms with Crippen molar-refractivity contribution in [1.82, 2.24) is 0 Å². The molecule has 0 aliphatic rings. The Morgan fingerprint density at radius 3 is 2.72 bits per heavy atom. The van der Waals surface area contributed by atoms with Gasteiger partial charge < -0.3 is 9.84 Å². The summed E-state index contributed by atoms with van der Waals surface area (Å²) in [4.78, 5) is 12.6. The minimum Gasteiger partial charge on any atom is -0.492 e. The number of aryl methyl sites for hydroxylation is 1. The van der Waals surface area contributed by atoms with Crippen LogP contribution >= 0.6 is 11.3 Å². The third-order valence-corrected chi connectivity index (χ3v) is 3.91. The predicted octanol–water partition coefficient (Wildman–Crippen LogP) is 4.21. The van der Waals surface area contributed by atoms with Crippen molar-refractivity contribution in [2.24, 2.45) is 5.92 Å². The van der Waals surface area contributed by atoms with Crippen LogP contribution < -0.4 is 4.74 Å². The lowest BCUT2D eigenvalue weighted by Crippen LogP contribution is -2.09. The van der Waals surface area contributed by atoms with Crippen molar-refractivity contribution >= 4 is 17.3 Å². The molecular weight excluding hydrogens is 248 g/mol. The fourth-order valence-corrected chi connectivity index (χ4v) is 2.90. The molecule has 1 heterocycles. The molecule has 0 saturated carbocycles. The summed E-state index contributed by atoms with van der Waals surface area (Å²) in [7, 11) is 0. The molecule has 0 aliphatic carbocycles. The predicted molar refractivity (Wildman–Crippen MR) is 74.8 cm³/mol. The molecule has 4 heteroatoms. The zero-order valence-corrected chi connectivity index (χ0v) is 12.2. The molecule has 0 aromatic carbocycles. The van der Waals surface area contributed by atoms with Gasteiger partial charge in [0, 0.05) is 4.88 Å². The fourth-order valence-electron chi connectivity index (χ4n) is 1.86. The van der Waals surface area contributed by atoms with Crippen molar-refractivity contribution in [2.45, 2.75) is 46.5 Å². The average molecular weight is 270 g/mol. The summed E-state index contributed by atoms with van der Waals surface area (Å²) in [6.07, 6.45) is 4.17. The molecule has 102 valence electrons. The maximum Gasteiger partial charge on any atom is 0.349 e. The van der Waals surface area contributed by atoms with E-state index in [-0.39, 0.29) is 0 Å². The molecule has 1 aromatic heterocycles. The zero-order chi connectivity index (χ0) is 13.5. The van der Waals surface area contributed by atoms with E-state index in [4.69, 9.17) is 9.84 Å². The summed E-state index contributed by atoms with van der Waals surface area (Å²) >= 11 is 1.33. The number of thiophene rings is 1. The monoisotopic (exact) mass is 270 g/mol. The molecular formula is C14H22O3S. The second kappa shape index (κ2) is 7.41. The SMILES string of the molecule is CCCc1cc(OCC(C)CCC)c(C(=O)O)s1. The summed E-state index contributed by atoms with van der Waals surface area (Å²) in [5.74, 6) is 0.116. The minimum atomic E-state index is -0.888. The Morgan fingerprint density at radius 2 is 2.17 bits per heavy atom. The Bertz CT molecular complexity index is 384. The topological polar surface area (TPSA) is 46.5 Å². The van der Waals surface area contributed by atoms with Crippen LogP contribution in [0.25, 0.3) is 0 Å². The molecule has 18 heavy (non-hydrogen) atoms. The molecule has 1 unspecified atom stereocenters. The Hall–Kier alpha value is -1.03. The van der Waals surface area contributed by atoms with Crippen molar-refractivity contribution in [3.05, 3.63) is 15.8 Å². The second-order valence-corrected chi connectivity index (χ2v) is 5.80. The van der Waals surface area contributed by atoms with Crippen LogP contribution in [0.2, 0.25) is 0 Å². The highest BCUT2D eigenvalue weighted by Gasteiger charge is 2.17. The highest BCUT2D eigenvalue weighted by atomic mass is 32.1. The summed E-state index contributed by atoms with van der Waals surface area (Å²) < 4.78 is 5.67. The average Bonchev–Trinajstić information content (AvgIpc) is 2.71. The van der Waals surface area contributed by atoms with Gasteiger partial charge in [0.1, 0.15) is 5.75 Å². The van der Waals surface area contributed by atoms with Crippen molar-refractivity contribution in [1.29, 1.82) is 0 Å². The van der Waals surface area contributed by atoms with Gasteiger partial charge in [-0.1, -0.05) is 33.6 Å². The lowest BCUT2D eigenvalue weighted by atomic mass is 10.1. The van der Waals surface area contributed by atoms with Gasteiger partial charge in [0.05, 0.1) is 6.61 Å². The molecule has 0 radical (unpaired) electrons. The molecule has 1 rings (SSSR count). The van der Waals surface area contributed by atoms with E-state index in [1.54, 1.807) is 0 Å². The van der Waals surface area contributed by atoms with Crippen LogP contribution in [0.5, 0.6) is 5.75 Å². The van der Waals surface area contributed by atoms with Gasteiger partial charge in [-0.05, 0) is 24.8 Å². The van der Waals surface area contributed by atoms with Crippen LogP contribution in [0.1, 0.15) is 54.6 Å². The van der Waals surface area contributed by atoms with Gasteiger partial charge in [0.2, 0.25) is 0 Å². The molecule has 0 fully saturated rings. The van der Waals surface area contributed by atoms with Crippen LogP contribution in [-0.4, -0.2) is 17.7 Å². The third-order valence-electron chi connectivity index (χ3n) is 2.74. The fraction of sp³-hybridized carbons (Fsp3) is 0.643. The Balaban J connectivity index is 2.70. The zero-order valence-electron chi connectivity index (χ0n) is 11.4. The number of aromatic carboxylic acids is 1. The minimum absolute atomic E-state index is 0.335. The standard InChI is InChI=1S/C14H22O3S/c1-4-6-10(3)9-17-12-8-11(7-5-2)18-13(12)14(15)16/h8,10H,4-7,9H2,1-3H3,(H,15,16). The Kier molecular flexibility index (Phi) is 6.19. The smallest absolute Gasteiger partial charge is 0.349 e. The van der Waals surface area contributed by atoms with Crippen molar-refractivity contribution in [2.75, 3.05) is 6.61 Å². The van der Waals surface area contributed by atoms with E-state index in [1.165, 1.54) is 11.3 Å². The van der Waals surface area contributed by atoms with Crippen LogP contribution in [-0.2, 0) is 6.42 Å². The molecule has 3 nitrogen and oxygen atoms in total. The molecule has 1 N–H and O–H groups in total. The first-order valence-corrected chi connectivity index (χ1v) is 7.38. The maximum atomic E-state index is 11.1. The highest BCUT2D eigenvalue weighted by molar-refractivity contribution is 7.14. The Morgan fingerprint density at radius 1 is 1.44 bits per heavy atom. The molecule has 0 saturated heterocycles. The third kappa shape index (κ3) is 4.33. The van der Waals surface area contributed by atoms with E-state index in [1.807, 2.05) is 6.07 Å². The first-order chi connectivity index (χ1) is 8.58. The van der Waals surface area contributed by atoms with Crippen LogP contribution in [0.4, 0.5) is 0 Å². The summed E-state index contributed by atoms with van der Waals surface area (Å²) in [5.41, 5.74) is 0. The molecule has 0 aliphatic heterocycles. The van der Waals surface area contributed by atoms with Gasteiger partial charge in [-0.25, -0.2) is 4.79 Å². The maximum absolute atomic E-state index is 11.1. The normalized spacial score (nSPS) is 12.4. The van der Waals surface area contributed by atoms with Crippen LogP contribution in [0, 0.1) is 5.92 Å². The molecule has 1 atom stereocenters. The summed E-state index contributed by atoms with van der Waals surface area (Å²) in [5, 5.41) is 9.15. The lowest BCUT2D eigenvalue weighted by molar-refractivity contribution is 0.0697. The van der Waals surface area contributed by atoms with Gasteiger partial charge in [-0.3, -0.25) is 0 Å². The lowest BCUT2D eigenvalue weighted by Gasteiger charge is -2.11. The number of hydrogen-bond donors (Lipinski definition) is 1. The first kappa shape index (κ1) is 15.0. The quantitative estimate of drug-likeness (QED) is 0.769. The number of hydrogen-bond acceptors (Lipinski definition) is 3. The van der Waals surface area contributed by atoms with Gasteiger partial charge in [0.25, 0.3) is 0 Å². The van der Waals surface area contributed by atoms with Crippen molar-refractivity contribution < 1.29 is 14.6 Å². The Labute approximate surface area is 113 Å². The van der Waals surface area contributed by atoms with Crippen molar-refractivity contribution in [3.8, 4) is 5.75 Å². The molecule has 0 spiro atoms. The van der Waals surface area contributed by atoms with E-state index in [2.05, 4.69) is 20.8 Å². The first-order valence-electron chi connectivity index (χ1n) is 6.57. The summed E-state index contributed by atoms with van der Waals surface area (Å²) in [6.45, 7) is 6.95. The molecule has 0 bridgehead atoms. The van der Waals surface area contributed by atoms with Crippen molar-refractivity contribution in [3.63, 3.8) is 0 Å². The second-order valence-electron chi connectivity index (χ2n) is 4.67. The highest BCUT2D eigenvalue weighted by Crippen LogP contribution is 2.30. The number of carbonyl (C=O) groups is 1. The van der Waals surface area contributed by atoms with Gasteiger partial charge >= 0.3 is 5.97 Å². The number of ether oxygens (including phenoxy) is 1. The number of carboxylic acid groups (broad SMARTS) is 1. The van der Waals surface area contributed by atoms with Crippen LogP contribution in [0.3, 0.4) is 0 Å². The molecule has 0 amide bonds. The van der Waals surface area contributed by atoms with E-state index < -0.39 is 5.97 Å². The number of rotatable bonds is 8. The van der Waals surface area contributed by atoms with Gasteiger partial charge in [-0.15, -0.1) is 11.3 Å². The number of carboxylic acids is 1. The van der Waals surface area contributed by atoms with Gasteiger partial charge in [0.15, 0.2) is 4.88 Å². The van der Waals surface area contributed by atoms with Crippen LogP contribution in [0.15, 0.2) is 6.07 Å². The summed E-state index contributed by atoms with van der Waals surface area (Å²) in [6, 6.07) is 1.89. The largest absolute Gasteiger partial charge is 0.492 e. The van der Waals surface area contributed by atoms with Gasteiger partial charge in [-0.2, -0.15) is 0 Å². The molecule has 1 aromatic rings. The van der Waals surface area contributed by atoms with E-state index in [0.717, 1.165) is 30.6 Å². The van der Waals surface area contributed by atoms with E-state index >= 15 is 0 Å².